The number of nitrogens with zero attached hydrogens (tertiary/aromatic N) is 2. The van der Waals surface area contributed by atoms with Gasteiger partial charge in [0.1, 0.15) is 0 Å². The molecule has 2 aromatic carbocycles. The fraction of sp³-hybridized carbons (Fsp3) is 0.188. The predicted octanol–water partition coefficient (Wildman–Crippen LogP) is 4.45. The van der Waals surface area contributed by atoms with Gasteiger partial charge in [0.2, 0.25) is 0 Å². The van der Waals surface area contributed by atoms with E-state index in [1.54, 1.807) is 11.8 Å². The molecule has 0 unspecified atom stereocenters. The van der Waals surface area contributed by atoms with Crippen molar-refractivity contribution in [3.05, 3.63) is 65.2 Å². The lowest BCUT2D eigenvalue weighted by Crippen LogP contribution is -2.27. The van der Waals surface area contributed by atoms with Gasteiger partial charge in [0, 0.05) is 16.5 Å². The SMILES string of the molecule is Clc1ccccc1CN(C1=NCCS1)c1ccccc1. The minimum Gasteiger partial charge on any atom is -0.317 e. The lowest BCUT2D eigenvalue weighted by Gasteiger charge is -2.24. The fourth-order valence-electron chi connectivity index (χ4n) is 2.16. The van der Waals surface area contributed by atoms with E-state index in [0.29, 0.717) is 0 Å². The highest BCUT2D eigenvalue weighted by molar-refractivity contribution is 8.14. The molecule has 4 heteroatoms. The minimum absolute atomic E-state index is 0.746. The Morgan fingerprint density at radius 2 is 1.80 bits per heavy atom. The van der Waals surface area contributed by atoms with Crippen LogP contribution in [0, 0.1) is 0 Å². The zero-order chi connectivity index (χ0) is 13.8. The Morgan fingerprint density at radius 1 is 1.05 bits per heavy atom. The Kier molecular flexibility index (Phi) is 4.28. The van der Waals surface area contributed by atoms with Gasteiger partial charge in [0.25, 0.3) is 0 Å². The second-order valence-corrected chi connectivity index (χ2v) is 6.00. The first-order valence-corrected chi connectivity index (χ1v) is 7.94. The van der Waals surface area contributed by atoms with Gasteiger partial charge in [-0.2, -0.15) is 0 Å². The molecule has 20 heavy (non-hydrogen) atoms. The van der Waals surface area contributed by atoms with Crippen LogP contribution >= 0.6 is 23.4 Å². The normalized spacial score (nSPS) is 14.2. The second-order valence-electron chi connectivity index (χ2n) is 4.53. The van der Waals surface area contributed by atoms with E-state index in [0.717, 1.165) is 40.3 Å². The predicted molar refractivity (Wildman–Crippen MR) is 88.8 cm³/mol. The molecule has 0 spiro atoms. The molecule has 2 nitrogen and oxygen atoms in total. The van der Waals surface area contributed by atoms with Gasteiger partial charge in [-0.15, -0.1) is 0 Å². The molecule has 0 saturated heterocycles. The quantitative estimate of drug-likeness (QED) is 0.832. The molecule has 102 valence electrons. The van der Waals surface area contributed by atoms with Crippen molar-refractivity contribution in [2.45, 2.75) is 6.54 Å². The Morgan fingerprint density at radius 3 is 2.50 bits per heavy atom. The minimum atomic E-state index is 0.746. The summed E-state index contributed by atoms with van der Waals surface area (Å²) in [6.07, 6.45) is 0. The molecular formula is C16H15ClN2S. The van der Waals surface area contributed by atoms with E-state index < -0.39 is 0 Å². The number of aliphatic imine (C=N–C) groups is 1. The van der Waals surface area contributed by atoms with Gasteiger partial charge >= 0.3 is 0 Å². The van der Waals surface area contributed by atoms with Gasteiger partial charge in [-0.25, -0.2) is 0 Å². The van der Waals surface area contributed by atoms with Crippen LogP contribution in [0.4, 0.5) is 5.69 Å². The van der Waals surface area contributed by atoms with Crippen molar-refractivity contribution in [2.24, 2.45) is 4.99 Å². The van der Waals surface area contributed by atoms with Crippen molar-refractivity contribution in [2.75, 3.05) is 17.2 Å². The molecule has 1 aliphatic rings. The smallest absolute Gasteiger partial charge is 0.164 e. The van der Waals surface area contributed by atoms with Crippen LogP contribution < -0.4 is 4.90 Å². The van der Waals surface area contributed by atoms with E-state index in [1.807, 2.05) is 24.3 Å². The number of halogens is 1. The van der Waals surface area contributed by atoms with Crippen molar-refractivity contribution in [3.8, 4) is 0 Å². The summed E-state index contributed by atoms with van der Waals surface area (Å²) in [6, 6.07) is 18.3. The second kappa shape index (κ2) is 6.33. The van der Waals surface area contributed by atoms with E-state index >= 15 is 0 Å². The molecule has 2 aromatic rings. The summed E-state index contributed by atoms with van der Waals surface area (Å²) in [5, 5.41) is 1.88. The van der Waals surface area contributed by atoms with Crippen LogP contribution in [-0.2, 0) is 6.54 Å². The number of hydrogen-bond donors (Lipinski definition) is 0. The molecule has 0 N–H and O–H groups in total. The molecular weight excluding hydrogens is 288 g/mol. The lowest BCUT2D eigenvalue weighted by molar-refractivity contribution is 1.01. The summed E-state index contributed by atoms with van der Waals surface area (Å²) in [7, 11) is 0. The first-order chi connectivity index (χ1) is 9.84. The number of anilines is 1. The zero-order valence-electron chi connectivity index (χ0n) is 11.0. The van der Waals surface area contributed by atoms with E-state index in [-0.39, 0.29) is 0 Å². The molecule has 0 radical (unpaired) electrons. The summed E-state index contributed by atoms with van der Waals surface area (Å²) in [6.45, 7) is 1.64. The van der Waals surface area contributed by atoms with Gasteiger partial charge in [-0.05, 0) is 23.8 Å². The monoisotopic (exact) mass is 302 g/mol. The Balaban J connectivity index is 1.92. The summed E-state index contributed by atoms with van der Waals surface area (Å²) >= 11 is 8.09. The van der Waals surface area contributed by atoms with Crippen LogP contribution in [0.3, 0.4) is 0 Å². The Bertz CT molecular complexity index is 613. The maximum Gasteiger partial charge on any atom is 0.164 e. The number of rotatable bonds is 3. The number of hydrogen-bond acceptors (Lipinski definition) is 3. The zero-order valence-corrected chi connectivity index (χ0v) is 12.6. The summed E-state index contributed by atoms with van der Waals surface area (Å²) in [4.78, 5) is 6.84. The fourth-order valence-corrected chi connectivity index (χ4v) is 3.23. The molecule has 0 fully saturated rings. The third kappa shape index (κ3) is 3.00. The van der Waals surface area contributed by atoms with E-state index in [1.165, 1.54) is 0 Å². The first kappa shape index (κ1) is 13.5. The Hall–Kier alpha value is -1.45. The number of amidine groups is 1. The van der Waals surface area contributed by atoms with Gasteiger partial charge in [0.15, 0.2) is 5.17 Å². The van der Waals surface area contributed by atoms with Crippen molar-refractivity contribution in [1.29, 1.82) is 0 Å². The molecule has 0 bridgehead atoms. The van der Waals surface area contributed by atoms with Crippen LogP contribution in [0.2, 0.25) is 5.02 Å². The van der Waals surface area contributed by atoms with E-state index in [2.05, 4.69) is 40.2 Å². The molecule has 3 rings (SSSR count). The van der Waals surface area contributed by atoms with Crippen LogP contribution in [-0.4, -0.2) is 17.5 Å². The van der Waals surface area contributed by atoms with Crippen molar-refractivity contribution in [3.63, 3.8) is 0 Å². The van der Waals surface area contributed by atoms with E-state index in [4.69, 9.17) is 11.6 Å². The Labute approximate surface area is 128 Å². The average molecular weight is 303 g/mol. The standard InChI is InChI=1S/C16H15ClN2S/c17-15-9-5-4-6-13(15)12-19(16-18-10-11-20-16)14-7-2-1-3-8-14/h1-9H,10-12H2. The van der Waals surface area contributed by atoms with Crippen molar-refractivity contribution < 1.29 is 0 Å². The van der Waals surface area contributed by atoms with Gasteiger partial charge in [-0.1, -0.05) is 59.8 Å². The molecule has 0 atom stereocenters. The summed E-state index contributed by atoms with van der Waals surface area (Å²) in [5.41, 5.74) is 2.27. The summed E-state index contributed by atoms with van der Waals surface area (Å²) < 4.78 is 0. The highest BCUT2D eigenvalue weighted by Crippen LogP contribution is 2.26. The number of benzene rings is 2. The van der Waals surface area contributed by atoms with Crippen molar-refractivity contribution >= 4 is 34.2 Å². The number of thioether (sulfide) groups is 1. The van der Waals surface area contributed by atoms with Crippen LogP contribution in [0.15, 0.2) is 59.6 Å². The lowest BCUT2D eigenvalue weighted by atomic mass is 10.2. The molecule has 0 aliphatic carbocycles. The maximum absolute atomic E-state index is 6.29. The maximum atomic E-state index is 6.29. The highest BCUT2D eigenvalue weighted by Gasteiger charge is 2.18. The topological polar surface area (TPSA) is 15.6 Å². The van der Waals surface area contributed by atoms with E-state index in [9.17, 15) is 0 Å². The van der Waals surface area contributed by atoms with Gasteiger partial charge < -0.3 is 4.90 Å². The third-order valence-electron chi connectivity index (χ3n) is 3.15. The van der Waals surface area contributed by atoms with Gasteiger partial charge in [0.05, 0.1) is 13.1 Å². The largest absolute Gasteiger partial charge is 0.317 e. The molecule has 0 aromatic heterocycles. The average Bonchev–Trinajstić information content (AvgIpc) is 3.01. The van der Waals surface area contributed by atoms with Crippen molar-refractivity contribution in [1.82, 2.24) is 0 Å². The van der Waals surface area contributed by atoms with Gasteiger partial charge in [-0.3, -0.25) is 4.99 Å². The van der Waals surface area contributed by atoms with Crippen LogP contribution in [0.25, 0.3) is 0 Å². The summed E-state index contributed by atoms with van der Waals surface area (Å²) in [5.74, 6) is 1.06. The molecule has 1 heterocycles. The van der Waals surface area contributed by atoms with Crippen LogP contribution in [0.5, 0.6) is 0 Å². The first-order valence-electron chi connectivity index (χ1n) is 6.58. The molecule has 0 saturated carbocycles. The molecule has 1 aliphatic heterocycles. The number of para-hydroxylation sites is 1. The van der Waals surface area contributed by atoms with Crippen LogP contribution in [0.1, 0.15) is 5.56 Å². The molecule has 0 amide bonds. The highest BCUT2D eigenvalue weighted by atomic mass is 35.5. The third-order valence-corrected chi connectivity index (χ3v) is 4.52.